The van der Waals surface area contributed by atoms with Crippen LogP contribution < -0.4 is 15.6 Å². The average Bonchev–Trinajstić information content (AvgIpc) is 3.20. The molecule has 8 nitrogen and oxygen atoms in total. The number of nitrogens with one attached hydrogen (secondary N) is 1. The van der Waals surface area contributed by atoms with Gasteiger partial charge in [-0.1, -0.05) is 6.07 Å². The van der Waals surface area contributed by atoms with Crippen molar-refractivity contribution in [2.75, 3.05) is 11.9 Å². The summed E-state index contributed by atoms with van der Waals surface area (Å²) in [5.74, 6) is -0.243. The fourth-order valence-electron chi connectivity index (χ4n) is 3.24. The van der Waals surface area contributed by atoms with Crippen LogP contribution >= 0.6 is 11.3 Å². The second-order valence-electron chi connectivity index (χ2n) is 7.82. The van der Waals surface area contributed by atoms with Crippen molar-refractivity contribution < 1.29 is 19.1 Å². The van der Waals surface area contributed by atoms with Crippen molar-refractivity contribution in [3.63, 3.8) is 0 Å². The minimum absolute atomic E-state index is 0.115. The first-order chi connectivity index (χ1) is 16.3. The second kappa shape index (κ2) is 9.88. The van der Waals surface area contributed by atoms with Crippen molar-refractivity contribution >= 4 is 33.9 Å². The Labute approximate surface area is 199 Å². The smallest absolute Gasteiger partial charge is 0.338 e. The first-order valence-electron chi connectivity index (χ1n) is 10.5. The summed E-state index contributed by atoms with van der Waals surface area (Å²) in [5, 5.41) is 4.57. The molecule has 0 aliphatic heterocycles. The number of benzene rings is 2. The van der Waals surface area contributed by atoms with Crippen LogP contribution in [-0.2, 0) is 16.1 Å². The molecule has 1 amide bonds. The van der Waals surface area contributed by atoms with E-state index in [1.807, 2.05) is 44.4 Å². The Hall–Kier alpha value is -3.98. The monoisotopic (exact) mass is 477 g/mol. The number of fused-ring (bicyclic) bond motifs is 1. The van der Waals surface area contributed by atoms with Crippen molar-refractivity contribution in [1.29, 1.82) is 0 Å². The molecule has 2 aromatic carbocycles. The summed E-state index contributed by atoms with van der Waals surface area (Å²) in [6.45, 7) is 5.57. The van der Waals surface area contributed by atoms with E-state index < -0.39 is 5.97 Å². The fourth-order valence-corrected chi connectivity index (χ4v) is 4.13. The highest BCUT2D eigenvalue weighted by molar-refractivity contribution is 7.15. The Kier molecular flexibility index (Phi) is 6.74. The number of nitrogens with zero attached hydrogens (tertiary/aromatic N) is 2. The summed E-state index contributed by atoms with van der Waals surface area (Å²) in [5.41, 5.74) is 4.06. The molecule has 4 rings (SSSR count). The van der Waals surface area contributed by atoms with Crippen LogP contribution in [0.5, 0.6) is 5.75 Å². The van der Waals surface area contributed by atoms with E-state index in [4.69, 9.17) is 9.47 Å². The quantitative estimate of drug-likeness (QED) is 0.403. The molecule has 0 radical (unpaired) electrons. The van der Waals surface area contributed by atoms with Crippen LogP contribution in [0, 0.1) is 20.8 Å². The number of hydrogen-bond acceptors (Lipinski definition) is 7. The zero-order chi connectivity index (χ0) is 24.2. The number of aromatic nitrogens is 2. The lowest BCUT2D eigenvalue weighted by Crippen LogP contribution is -2.20. The minimum atomic E-state index is -0.555. The summed E-state index contributed by atoms with van der Waals surface area (Å²) in [6.07, 6.45) is 0. The number of carbonyl (C=O) groups excluding carboxylic acids is 2. The molecule has 0 spiro atoms. The number of carbonyl (C=O) groups is 2. The van der Waals surface area contributed by atoms with Gasteiger partial charge in [-0.05, 0) is 68.3 Å². The van der Waals surface area contributed by atoms with E-state index in [1.54, 1.807) is 24.3 Å². The van der Waals surface area contributed by atoms with Gasteiger partial charge in [-0.2, -0.15) is 0 Å². The Balaban J connectivity index is 1.30. The largest absolute Gasteiger partial charge is 0.484 e. The van der Waals surface area contributed by atoms with Crippen molar-refractivity contribution in [2.45, 2.75) is 27.4 Å². The molecule has 0 aliphatic rings. The maximum atomic E-state index is 12.4. The first kappa shape index (κ1) is 23.2. The maximum absolute atomic E-state index is 12.4. The number of ether oxygens (including phenoxy) is 2. The number of esters is 1. The Morgan fingerprint density at radius 3 is 2.53 bits per heavy atom. The molecule has 0 unspecified atom stereocenters. The minimum Gasteiger partial charge on any atom is -0.484 e. The lowest BCUT2D eigenvalue weighted by Gasteiger charge is -2.10. The van der Waals surface area contributed by atoms with Gasteiger partial charge in [0, 0.05) is 22.8 Å². The van der Waals surface area contributed by atoms with Gasteiger partial charge in [-0.3, -0.25) is 14.0 Å². The van der Waals surface area contributed by atoms with E-state index in [0.29, 0.717) is 27.7 Å². The first-order valence-corrected chi connectivity index (χ1v) is 11.4. The van der Waals surface area contributed by atoms with Crippen molar-refractivity contribution in [1.82, 2.24) is 9.38 Å². The summed E-state index contributed by atoms with van der Waals surface area (Å²) in [7, 11) is 0. The topological polar surface area (TPSA) is 99.0 Å². The van der Waals surface area contributed by atoms with Crippen molar-refractivity contribution in [3.8, 4) is 5.75 Å². The summed E-state index contributed by atoms with van der Waals surface area (Å²) < 4.78 is 12.3. The zero-order valence-electron chi connectivity index (χ0n) is 19.0. The molecule has 1 N–H and O–H groups in total. The Bertz CT molecular complexity index is 1420. The van der Waals surface area contributed by atoms with E-state index >= 15 is 0 Å². The molecule has 2 aromatic heterocycles. The summed E-state index contributed by atoms with van der Waals surface area (Å²) in [6, 6.07) is 13.3. The van der Waals surface area contributed by atoms with Crippen LogP contribution in [0.4, 0.5) is 5.69 Å². The molecule has 9 heteroatoms. The fraction of sp³-hybridized carbons (Fsp3) is 0.200. The predicted molar refractivity (Wildman–Crippen MR) is 130 cm³/mol. The van der Waals surface area contributed by atoms with Crippen LogP contribution in [-0.4, -0.2) is 27.9 Å². The average molecular weight is 478 g/mol. The maximum Gasteiger partial charge on any atom is 0.338 e. The van der Waals surface area contributed by atoms with Gasteiger partial charge in [0.05, 0.1) is 11.3 Å². The van der Waals surface area contributed by atoms with Crippen molar-refractivity contribution in [3.05, 3.63) is 92.3 Å². The van der Waals surface area contributed by atoms with Crippen LogP contribution in [0.25, 0.3) is 4.96 Å². The third-order valence-corrected chi connectivity index (χ3v) is 6.18. The van der Waals surface area contributed by atoms with Crippen molar-refractivity contribution in [2.24, 2.45) is 0 Å². The van der Waals surface area contributed by atoms with Crippen LogP contribution in [0.1, 0.15) is 32.9 Å². The normalized spacial score (nSPS) is 10.8. The molecule has 0 fully saturated rings. The van der Waals surface area contributed by atoms with E-state index in [1.165, 1.54) is 21.8 Å². The van der Waals surface area contributed by atoms with E-state index in [9.17, 15) is 14.4 Å². The van der Waals surface area contributed by atoms with E-state index in [0.717, 1.165) is 16.8 Å². The van der Waals surface area contributed by atoms with Gasteiger partial charge in [0.25, 0.3) is 11.5 Å². The molecule has 34 heavy (non-hydrogen) atoms. The summed E-state index contributed by atoms with van der Waals surface area (Å²) >= 11 is 1.35. The molecule has 4 aromatic rings. The summed E-state index contributed by atoms with van der Waals surface area (Å²) in [4.78, 5) is 41.7. The number of anilines is 1. The highest BCUT2D eigenvalue weighted by Crippen LogP contribution is 2.17. The van der Waals surface area contributed by atoms with Crippen LogP contribution in [0.3, 0.4) is 0 Å². The molecule has 0 aliphatic carbocycles. The van der Waals surface area contributed by atoms with Gasteiger partial charge in [0.1, 0.15) is 12.4 Å². The highest BCUT2D eigenvalue weighted by Gasteiger charge is 2.12. The lowest BCUT2D eigenvalue weighted by molar-refractivity contribution is -0.118. The Morgan fingerprint density at radius 2 is 1.79 bits per heavy atom. The zero-order valence-corrected chi connectivity index (χ0v) is 19.8. The SMILES string of the molecule is Cc1ccc(OCC(=O)Nc2ccc(C(=O)OCc3cc(=O)n4c(C)csc4n3)cc2)cc1C. The van der Waals surface area contributed by atoms with Crippen LogP contribution in [0.2, 0.25) is 0 Å². The highest BCUT2D eigenvalue weighted by atomic mass is 32.1. The molecule has 0 saturated heterocycles. The Morgan fingerprint density at radius 1 is 1.03 bits per heavy atom. The third-order valence-electron chi connectivity index (χ3n) is 5.23. The van der Waals surface area contributed by atoms with E-state index in [2.05, 4.69) is 10.3 Å². The van der Waals surface area contributed by atoms with E-state index in [-0.39, 0.29) is 24.7 Å². The molecule has 174 valence electrons. The number of aryl methyl sites for hydroxylation is 3. The number of hydrogen-bond donors (Lipinski definition) is 1. The molecule has 2 heterocycles. The lowest BCUT2D eigenvalue weighted by atomic mass is 10.1. The molecule has 0 saturated carbocycles. The molecular weight excluding hydrogens is 454 g/mol. The third kappa shape index (κ3) is 5.32. The van der Waals surface area contributed by atoms with Gasteiger partial charge in [0.15, 0.2) is 11.6 Å². The molecular formula is C25H23N3O5S. The van der Waals surface area contributed by atoms with Gasteiger partial charge in [-0.25, -0.2) is 9.78 Å². The van der Waals surface area contributed by atoms with Crippen LogP contribution in [0.15, 0.2) is 58.7 Å². The molecule has 0 atom stereocenters. The second-order valence-corrected chi connectivity index (χ2v) is 8.65. The molecule has 0 bridgehead atoms. The number of thiazole rings is 1. The van der Waals surface area contributed by atoms with Gasteiger partial charge in [-0.15, -0.1) is 11.3 Å². The number of rotatable bonds is 7. The van der Waals surface area contributed by atoms with Gasteiger partial charge >= 0.3 is 5.97 Å². The standard InChI is InChI=1S/C25H23N3O5S/c1-15-4-9-21(10-16(15)2)32-13-22(29)26-19-7-5-18(6-8-19)24(31)33-12-20-11-23(30)28-17(3)14-34-25(28)27-20/h4-11,14H,12-13H2,1-3H3,(H,26,29). The predicted octanol–water partition coefficient (Wildman–Crippen LogP) is 4.06. The van der Waals surface area contributed by atoms with Gasteiger partial charge < -0.3 is 14.8 Å². The number of amides is 1. The van der Waals surface area contributed by atoms with Gasteiger partial charge in [0.2, 0.25) is 0 Å².